The molecular formula is C11H14IN5. The third-order valence-electron chi connectivity index (χ3n) is 2.28. The lowest BCUT2D eigenvalue weighted by atomic mass is 10.2. The molecule has 0 bridgehead atoms. The van der Waals surface area contributed by atoms with Gasteiger partial charge in [-0.1, -0.05) is 0 Å². The van der Waals surface area contributed by atoms with Crippen LogP contribution in [0.25, 0.3) is 0 Å². The summed E-state index contributed by atoms with van der Waals surface area (Å²) in [6.07, 6.45) is 0. The van der Waals surface area contributed by atoms with Crippen LogP contribution in [0.2, 0.25) is 0 Å². The van der Waals surface area contributed by atoms with Gasteiger partial charge in [0.05, 0.1) is 26.2 Å². The van der Waals surface area contributed by atoms with Crippen LogP contribution in [0, 0.1) is 42.6 Å². The molecule has 6 heteroatoms. The molecule has 0 aliphatic heterocycles. The summed E-state index contributed by atoms with van der Waals surface area (Å²) in [4.78, 5) is 0. The molecule has 2 N–H and O–H groups in total. The van der Waals surface area contributed by atoms with Gasteiger partial charge in [-0.25, -0.2) is 0 Å². The normalized spacial score (nSPS) is 9.41. The molecule has 0 amide bonds. The maximum Gasteiger partial charge on any atom is 0.103 e. The molecule has 0 aliphatic carbocycles. The molecule has 0 aromatic carbocycles. The Kier molecular flexibility index (Phi) is 4.69. The molecule has 2 aromatic rings. The highest BCUT2D eigenvalue weighted by molar-refractivity contribution is 14.1. The van der Waals surface area contributed by atoms with E-state index in [9.17, 15) is 0 Å². The van der Waals surface area contributed by atoms with Crippen LogP contribution in [0.3, 0.4) is 0 Å². The van der Waals surface area contributed by atoms with Crippen molar-refractivity contribution < 1.29 is 0 Å². The molecule has 0 saturated carbocycles. The van der Waals surface area contributed by atoms with Crippen molar-refractivity contribution in [1.82, 2.24) is 20.4 Å². The Balaban J connectivity index is 0.000000171. The Hall–Kier alpha value is -1.36. The van der Waals surface area contributed by atoms with E-state index in [1.165, 1.54) is 3.57 Å². The van der Waals surface area contributed by atoms with Crippen LogP contribution in [0.5, 0.6) is 0 Å². The zero-order valence-corrected chi connectivity index (χ0v) is 12.4. The second-order valence-electron chi connectivity index (χ2n) is 3.67. The van der Waals surface area contributed by atoms with Crippen LogP contribution in [0.4, 0.5) is 0 Å². The van der Waals surface area contributed by atoms with E-state index in [1.54, 1.807) is 0 Å². The predicted octanol–water partition coefficient (Wildman–Crippen LogP) is 2.53. The number of rotatable bonds is 0. The fraction of sp³-hybridized carbons (Fsp3) is 0.364. The molecule has 0 aliphatic rings. The Morgan fingerprint density at radius 3 is 1.71 bits per heavy atom. The SMILES string of the molecule is Cc1n[nH]c(C)c1C#N.Cc1n[nH]c(C)c1I. The van der Waals surface area contributed by atoms with E-state index < -0.39 is 0 Å². The number of hydrogen-bond acceptors (Lipinski definition) is 3. The molecule has 0 atom stereocenters. The summed E-state index contributed by atoms with van der Waals surface area (Å²) in [5.74, 6) is 0. The molecule has 0 radical (unpaired) electrons. The van der Waals surface area contributed by atoms with Crippen molar-refractivity contribution in [1.29, 1.82) is 5.26 Å². The third kappa shape index (κ3) is 3.30. The van der Waals surface area contributed by atoms with E-state index in [0.717, 1.165) is 22.8 Å². The van der Waals surface area contributed by atoms with Crippen molar-refractivity contribution in [2.45, 2.75) is 27.7 Å². The number of H-pyrrole nitrogens is 2. The van der Waals surface area contributed by atoms with Gasteiger partial charge in [0.15, 0.2) is 0 Å². The van der Waals surface area contributed by atoms with E-state index in [0.29, 0.717) is 5.56 Å². The van der Waals surface area contributed by atoms with Gasteiger partial charge in [-0.05, 0) is 50.3 Å². The van der Waals surface area contributed by atoms with Gasteiger partial charge in [0.2, 0.25) is 0 Å². The second-order valence-corrected chi connectivity index (χ2v) is 4.75. The number of aromatic amines is 2. The van der Waals surface area contributed by atoms with Gasteiger partial charge in [-0.15, -0.1) is 0 Å². The van der Waals surface area contributed by atoms with Crippen molar-refractivity contribution in [3.8, 4) is 6.07 Å². The van der Waals surface area contributed by atoms with Crippen LogP contribution >= 0.6 is 22.6 Å². The summed E-state index contributed by atoms with van der Waals surface area (Å²) >= 11 is 2.27. The highest BCUT2D eigenvalue weighted by Gasteiger charge is 2.02. The topological polar surface area (TPSA) is 81.2 Å². The molecule has 17 heavy (non-hydrogen) atoms. The summed E-state index contributed by atoms with van der Waals surface area (Å²) in [7, 11) is 0. The molecule has 0 spiro atoms. The van der Waals surface area contributed by atoms with Crippen molar-refractivity contribution in [2.75, 3.05) is 0 Å². The maximum atomic E-state index is 8.48. The van der Waals surface area contributed by atoms with E-state index in [1.807, 2.05) is 33.8 Å². The summed E-state index contributed by atoms with van der Waals surface area (Å²) in [6, 6.07) is 2.05. The van der Waals surface area contributed by atoms with E-state index in [-0.39, 0.29) is 0 Å². The fourth-order valence-electron chi connectivity index (χ4n) is 1.25. The first-order valence-corrected chi connectivity index (χ1v) is 6.14. The average molecular weight is 343 g/mol. The van der Waals surface area contributed by atoms with Gasteiger partial charge < -0.3 is 0 Å². The first kappa shape index (κ1) is 13.7. The number of hydrogen-bond donors (Lipinski definition) is 2. The second kappa shape index (κ2) is 5.82. The summed E-state index contributed by atoms with van der Waals surface area (Å²) in [5.41, 5.74) is 4.52. The van der Waals surface area contributed by atoms with Crippen LogP contribution in [0.15, 0.2) is 0 Å². The lowest BCUT2D eigenvalue weighted by Crippen LogP contribution is -1.76. The molecule has 0 unspecified atom stereocenters. The molecule has 5 nitrogen and oxygen atoms in total. The standard InChI is InChI=1S/C6H7N3.C5H7IN2/c1-4-6(3-7)5(2)9-8-4;1-3-5(6)4(2)8-7-3/h1-2H3,(H,8,9);1-2H3,(H,7,8). The van der Waals surface area contributed by atoms with E-state index in [2.05, 4.69) is 43.0 Å². The number of halogens is 1. The molecule has 2 rings (SSSR count). The molecule has 2 aromatic heterocycles. The number of nitrogens with one attached hydrogen (secondary N) is 2. The number of aryl methyl sites for hydroxylation is 4. The summed E-state index contributed by atoms with van der Waals surface area (Å²) in [6.45, 7) is 7.65. The number of nitriles is 1. The zero-order valence-electron chi connectivity index (χ0n) is 10.2. The minimum atomic E-state index is 0.662. The zero-order chi connectivity index (χ0) is 13.0. The molecule has 90 valence electrons. The Labute approximate surface area is 114 Å². The molecule has 0 saturated heterocycles. The summed E-state index contributed by atoms with van der Waals surface area (Å²) < 4.78 is 1.24. The highest BCUT2D eigenvalue weighted by Crippen LogP contribution is 2.10. The predicted molar refractivity (Wildman–Crippen MR) is 73.6 cm³/mol. The summed E-state index contributed by atoms with van der Waals surface area (Å²) in [5, 5.41) is 21.9. The van der Waals surface area contributed by atoms with Crippen molar-refractivity contribution in [3.63, 3.8) is 0 Å². The lowest BCUT2D eigenvalue weighted by molar-refractivity contribution is 1.02. The van der Waals surface area contributed by atoms with Crippen LogP contribution < -0.4 is 0 Å². The molecule has 2 heterocycles. The monoisotopic (exact) mass is 343 g/mol. The minimum absolute atomic E-state index is 0.662. The largest absolute Gasteiger partial charge is 0.281 e. The average Bonchev–Trinajstić information content (AvgIpc) is 2.77. The Bertz CT molecular complexity index is 508. The van der Waals surface area contributed by atoms with Crippen molar-refractivity contribution >= 4 is 22.6 Å². The maximum absolute atomic E-state index is 8.48. The van der Waals surface area contributed by atoms with Crippen LogP contribution in [-0.4, -0.2) is 20.4 Å². The highest BCUT2D eigenvalue weighted by atomic mass is 127. The van der Waals surface area contributed by atoms with Crippen molar-refractivity contribution in [2.24, 2.45) is 0 Å². The number of nitrogens with zero attached hydrogens (tertiary/aromatic N) is 3. The van der Waals surface area contributed by atoms with Gasteiger partial charge >= 0.3 is 0 Å². The first-order chi connectivity index (χ1) is 7.97. The van der Waals surface area contributed by atoms with Crippen molar-refractivity contribution in [3.05, 3.63) is 31.9 Å². The Morgan fingerprint density at radius 1 is 1.00 bits per heavy atom. The van der Waals surface area contributed by atoms with Gasteiger partial charge in [-0.2, -0.15) is 15.5 Å². The van der Waals surface area contributed by atoms with E-state index >= 15 is 0 Å². The van der Waals surface area contributed by atoms with Crippen LogP contribution in [0.1, 0.15) is 28.3 Å². The first-order valence-electron chi connectivity index (χ1n) is 5.06. The third-order valence-corrected chi connectivity index (χ3v) is 3.87. The lowest BCUT2D eigenvalue weighted by Gasteiger charge is -1.81. The van der Waals surface area contributed by atoms with Gasteiger partial charge in [0, 0.05) is 5.69 Å². The van der Waals surface area contributed by atoms with Gasteiger partial charge in [0.25, 0.3) is 0 Å². The molecule has 0 fully saturated rings. The van der Waals surface area contributed by atoms with E-state index in [4.69, 9.17) is 5.26 Å². The van der Waals surface area contributed by atoms with Gasteiger partial charge in [0.1, 0.15) is 6.07 Å². The number of aromatic nitrogens is 4. The van der Waals surface area contributed by atoms with Gasteiger partial charge in [-0.3, -0.25) is 10.2 Å². The van der Waals surface area contributed by atoms with Crippen LogP contribution in [-0.2, 0) is 0 Å². The quantitative estimate of drug-likeness (QED) is 0.722. The smallest absolute Gasteiger partial charge is 0.103 e. The fourth-order valence-corrected chi connectivity index (χ4v) is 1.49. The Morgan fingerprint density at radius 2 is 1.53 bits per heavy atom. The minimum Gasteiger partial charge on any atom is -0.281 e. The molecular weight excluding hydrogens is 329 g/mol.